The van der Waals surface area contributed by atoms with E-state index in [0.717, 1.165) is 62.9 Å². The average Bonchev–Trinajstić information content (AvgIpc) is 2.60. The van der Waals surface area contributed by atoms with Crippen molar-refractivity contribution in [2.24, 2.45) is 5.92 Å². The second-order valence-corrected chi connectivity index (χ2v) is 7.77. The van der Waals surface area contributed by atoms with Crippen LogP contribution in [-0.4, -0.2) is 59.5 Å². The number of halogens is 1. The summed E-state index contributed by atoms with van der Waals surface area (Å²) in [5.74, 6) is 2.76. The molecule has 1 aromatic heterocycles. The van der Waals surface area contributed by atoms with Gasteiger partial charge in [0.05, 0.1) is 0 Å². The van der Waals surface area contributed by atoms with E-state index in [0.29, 0.717) is 17.9 Å². The van der Waals surface area contributed by atoms with Gasteiger partial charge in [0.25, 0.3) is 0 Å². The van der Waals surface area contributed by atoms with Crippen LogP contribution < -0.4 is 10.2 Å². The highest BCUT2D eigenvalue weighted by molar-refractivity contribution is 5.85. The number of piperidine rings is 1. The highest BCUT2D eigenvalue weighted by Gasteiger charge is 2.30. The summed E-state index contributed by atoms with van der Waals surface area (Å²) < 4.78 is 0. The van der Waals surface area contributed by atoms with E-state index < -0.39 is 0 Å². The Bertz CT molecular complexity index is 616. The van der Waals surface area contributed by atoms with Crippen LogP contribution in [0.2, 0.25) is 0 Å². The summed E-state index contributed by atoms with van der Waals surface area (Å²) in [5.41, 5.74) is 1.01. The first-order valence-corrected chi connectivity index (χ1v) is 9.56. The van der Waals surface area contributed by atoms with Crippen LogP contribution in [0.5, 0.6) is 0 Å². The number of anilines is 1. The van der Waals surface area contributed by atoms with Crippen LogP contribution in [0, 0.1) is 12.8 Å². The van der Waals surface area contributed by atoms with Crippen LogP contribution in [0.3, 0.4) is 0 Å². The van der Waals surface area contributed by atoms with Gasteiger partial charge in [-0.3, -0.25) is 4.79 Å². The molecule has 0 aromatic carbocycles. The van der Waals surface area contributed by atoms with Crippen molar-refractivity contribution in [1.29, 1.82) is 0 Å². The number of hydrogen-bond acceptors (Lipinski definition) is 5. The number of aromatic nitrogens is 2. The molecule has 0 bridgehead atoms. The molecule has 1 aromatic rings. The van der Waals surface area contributed by atoms with Crippen LogP contribution in [0.1, 0.15) is 51.0 Å². The van der Waals surface area contributed by atoms with E-state index in [-0.39, 0.29) is 18.3 Å². The van der Waals surface area contributed by atoms with Crippen molar-refractivity contribution in [3.05, 3.63) is 17.6 Å². The smallest absolute Gasteiger partial charge is 0.225 e. The zero-order chi connectivity index (χ0) is 18.0. The first-order valence-electron chi connectivity index (χ1n) is 9.56. The van der Waals surface area contributed by atoms with E-state index in [1.54, 1.807) is 0 Å². The molecule has 6 nitrogen and oxygen atoms in total. The first kappa shape index (κ1) is 20.9. The van der Waals surface area contributed by atoms with E-state index in [4.69, 9.17) is 4.98 Å². The monoisotopic (exact) mass is 381 g/mol. The minimum atomic E-state index is 0. The third-order valence-electron chi connectivity index (χ3n) is 5.26. The molecule has 1 amide bonds. The molecule has 3 rings (SSSR count). The van der Waals surface area contributed by atoms with E-state index in [2.05, 4.69) is 46.9 Å². The molecule has 0 aliphatic carbocycles. The third kappa shape index (κ3) is 4.86. The molecule has 0 unspecified atom stereocenters. The second-order valence-electron chi connectivity index (χ2n) is 7.77. The van der Waals surface area contributed by atoms with Crippen molar-refractivity contribution in [2.75, 3.05) is 37.6 Å². The molecule has 1 N–H and O–H groups in total. The summed E-state index contributed by atoms with van der Waals surface area (Å²) in [6.07, 6.45) is 1.92. The minimum Gasteiger partial charge on any atom is -0.353 e. The largest absolute Gasteiger partial charge is 0.353 e. The lowest BCUT2D eigenvalue weighted by Gasteiger charge is -2.38. The van der Waals surface area contributed by atoms with Gasteiger partial charge in [-0.2, -0.15) is 0 Å². The molecular weight excluding hydrogens is 350 g/mol. The van der Waals surface area contributed by atoms with E-state index in [1.807, 2.05) is 6.92 Å². The van der Waals surface area contributed by atoms with Gasteiger partial charge in [0.15, 0.2) is 0 Å². The Labute approximate surface area is 163 Å². The fourth-order valence-electron chi connectivity index (χ4n) is 3.76. The SMILES string of the molecule is Cc1cc(N2CCN(C(=O)[C@H]3CCN[C@@H](C)C3)CC2)nc(C(C)C)n1.Cl. The Kier molecular flexibility index (Phi) is 7.24. The van der Waals surface area contributed by atoms with Gasteiger partial charge in [-0.1, -0.05) is 13.8 Å². The fourth-order valence-corrected chi connectivity index (χ4v) is 3.76. The van der Waals surface area contributed by atoms with Gasteiger partial charge >= 0.3 is 0 Å². The van der Waals surface area contributed by atoms with E-state index >= 15 is 0 Å². The van der Waals surface area contributed by atoms with Gasteiger partial charge in [-0.25, -0.2) is 9.97 Å². The van der Waals surface area contributed by atoms with Crippen molar-refractivity contribution >= 4 is 24.1 Å². The molecule has 2 atom stereocenters. The van der Waals surface area contributed by atoms with Crippen molar-refractivity contribution in [1.82, 2.24) is 20.2 Å². The van der Waals surface area contributed by atoms with Crippen LogP contribution >= 0.6 is 12.4 Å². The van der Waals surface area contributed by atoms with E-state index in [9.17, 15) is 4.79 Å². The van der Waals surface area contributed by atoms with E-state index in [1.165, 1.54) is 0 Å². The van der Waals surface area contributed by atoms with Gasteiger partial charge < -0.3 is 15.1 Å². The van der Waals surface area contributed by atoms with Crippen molar-refractivity contribution in [3.8, 4) is 0 Å². The number of amides is 1. The fraction of sp³-hybridized carbons (Fsp3) is 0.737. The maximum atomic E-state index is 12.8. The average molecular weight is 382 g/mol. The number of nitrogens with zero attached hydrogens (tertiary/aromatic N) is 4. The molecule has 2 saturated heterocycles. The number of nitrogens with one attached hydrogen (secondary N) is 1. The third-order valence-corrected chi connectivity index (χ3v) is 5.26. The highest BCUT2D eigenvalue weighted by atomic mass is 35.5. The van der Waals surface area contributed by atoms with Crippen LogP contribution in [0.15, 0.2) is 6.07 Å². The molecule has 0 radical (unpaired) electrons. The number of rotatable bonds is 3. The second kappa shape index (κ2) is 9.00. The van der Waals surface area contributed by atoms with Gasteiger partial charge in [0, 0.05) is 55.8 Å². The zero-order valence-electron chi connectivity index (χ0n) is 16.4. The Morgan fingerprint density at radius 3 is 2.54 bits per heavy atom. The molecule has 3 heterocycles. The number of hydrogen-bond donors (Lipinski definition) is 1. The summed E-state index contributed by atoms with van der Waals surface area (Å²) in [5, 5.41) is 3.42. The lowest BCUT2D eigenvalue weighted by molar-refractivity contribution is -0.137. The Balaban J connectivity index is 0.00000243. The zero-order valence-corrected chi connectivity index (χ0v) is 17.2. The highest BCUT2D eigenvalue weighted by Crippen LogP contribution is 2.22. The normalized spacial score (nSPS) is 23.7. The molecule has 7 heteroatoms. The number of piperazine rings is 1. The molecule has 2 fully saturated rings. The maximum Gasteiger partial charge on any atom is 0.225 e. The number of carbonyl (C=O) groups excluding carboxylic acids is 1. The number of carbonyl (C=O) groups is 1. The quantitative estimate of drug-likeness (QED) is 0.870. The molecule has 146 valence electrons. The Morgan fingerprint density at radius 2 is 1.92 bits per heavy atom. The lowest BCUT2D eigenvalue weighted by atomic mass is 9.92. The number of aryl methyl sites for hydroxylation is 1. The standard InChI is InChI=1S/C19H31N5O.ClH/c1-13(2)18-21-15(4)12-17(22-18)23-7-9-24(10-8-23)19(25)16-5-6-20-14(3)11-16;/h12-14,16,20H,5-11H2,1-4H3;1H/t14-,16-;/m0./s1. The summed E-state index contributed by atoms with van der Waals surface area (Å²) in [6, 6.07) is 2.50. The Morgan fingerprint density at radius 1 is 1.23 bits per heavy atom. The van der Waals surface area contributed by atoms with Crippen molar-refractivity contribution < 1.29 is 4.79 Å². The summed E-state index contributed by atoms with van der Waals surface area (Å²) >= 11 is 0. The van der Waals surface area contributed by atoms with Gasteiger partial charge in [-0.15, -0.1) is 12.4 Å². The summed E-state index contributed by atoms with van der Waals surface area (Å²) in [4.78, 5) is 26.4. The van der Waals surface area contributed by atoms with Gasteiger partial charge in [0.1, 0.15) is 11.6 Å². The molecule has 26 heavy (non-hydrogen) atoms. The minimum absolute atomic E-state index is 0. The van der Waals surface area contributed by atoms with Crippen LogP contribution in [-0.2, 0) is 4.79 Å². The summed E-state index contributed by atoms with van der Waals surface area (Å²) in [6.45, 7) is 12.7. The molecule has 0 saturated carbocycles. The maximum absolute atomic E-state index is 12.8. The molecule has 2 aliphatic heterocycles. The molecular formula is C19H32ClN5O. The predicted octanol–water partition coefficient (Wildman–Crippen LogP) is 2.37. The summed E-state index contributed by atoms with van der Waals surface area (Å²) in [7, 11) is 0. The van der Waals surface area contributed by atoms with Crippen molar-refractivity contribution in [3.63, 3.8) is 0 Å². The van der Waals surface area contributed by atoms with Crippen LogP contribution in [0.25, 0.3) is 0 Å². The van der Waals surface area contributed by atoms with Gasteiger partial charge in [-0.05, 0) is 33.2 Å². The van der Waals surface area contributed by atoms with Crippen molar-refractivity contribution in [2.45, 2.75) is 52.5 Å². The van der Waals surface area contributed by atoms with Crippen LogP contribution in [0.4, 0.5) is 5.82 Å². The Hall–Kier alpha value is -1.40. The predicted molar refractivity (Wildman–Crippen MR) is 107 cm³/mol. The molecule has 0 spiro atoms. The van der Waals surface area contributed by atoms with Gasteiger partial charge in [0.2, 0.25) is 5.91 Å². The molecule has 2 aliphatic rings. The first-order chi connectivity index (χ1) is 11.9. The lowest BCUT2D eigenvalue weighted by Crippen LogP contribution is -2.52. The topological polar surface area (TPSA) is 61.4 Å².